The van der Waals surface area contributed by atoms with Crippen molar-refractivity contribution >= 4 is 38.9 Å². The summed E-state index contributed by atoms with van der Waals surface area (Å²) in [6, 6.07) is 19.3. The van der Waals surface area contributed by atoms with Crippen LogP contribution in [0.4, 0.5) is 11.4 Å². The lowest BCUT2D eigenvalue weighted by molar-refractivity contribution is -0.115. The molecule has 0 fully saturated rings. The third-order valence-corrected chi connectivity index (χ3v) is 6.89. The molecule has 162 valence electrons. The number of amides is 3. The normalized spacial score (nSPS) is 13.2. The number of sulfone groups is 1. The van der Waals surface area contributed by atoms with E-state index in [1.54, 1.807) is 54.6 Å². The highest BCUT2D eigenvalue weighted by Gasteiger charge is 2.36. The molecule has 0 spiro atoms. The molecule has 3 aromatic carbocycles. The van der Waals surface area contributed by atoms with Gasteiger partial charge in [-0.2, -0.15) is 0 Å². The van der Waals surface area contributed by atoms with E-state index in [4.69, 9.17) is 0 Å². The van der Waals surface area contributed by atoms with Crippen LogP contribution < -0.4 is 10.2 Å². The summed E-state index contributed by atoms with van der Waals surface area (Å²) in [5, 5.41) is 2.64. The molecule has 3 aromatic rings. The Bertz CT molecular complexity index is 1300. The van der Waals surface area contributed by atoms with Crippen LogP contribution in [0.5, 0.6) is 0 Å². The smallest absolute Gasteiger partial charge is 0.266 e. The molecule has 1 heterocycles. The molecule has 1 aliphatic heterocycles. The number of aryl methyl sites for hydroxylation is 1. The first kappa shape index (κ1) is 21.5. The summed E-state index contributed by atoms with van der Waals surface area (Å²) in [5.74, 6) is -1.68. The van der Waals surface area contributed by atoms with E-state index in [0.717, 1.165) is 10.5 Å². The Balaban J connectivity index is 1.44. The standard InChI is InChI=1S/C24H20N2O5S/c1-16-9-11-19(12-10-16)32(30,31)14-13-22(27)25-17-5-4-6-18(15-17)26-23(28)20-7-2-3-8-21(20)24(26)29/h2-12,15H,13-14H2,1H3,(H,25,27). The lowest BCUT2D eigenvalue weighted by atomic mass is 10.1. The highest BCUT2D eigenvalue weighted by Crippen LogP contribution is 2.29. The maximum Gasteiger partial charge on any atom is 0.266 e. The van der Waals surface area contributed by atoms with Crippen LogP contribution in [0.2, 0.25) is 0 Å². The van der Waals surface area contributed by atoms with Gasteiger partial charge in [-0.05, 0) is 49.4 Å². The minimum absolute atomic E-state index is 0.170. The molecule has 0 saturated carbocycles. The largest absolute Gasteiger partial charge is 0.326 e. The SMILES string of the molecule is Cc1ccc(S(=O)(=O)CCC(=O)Nc2cccc(N3C(=O)c4ccccc4C3=O)c2)cc1. The van der Waals surface area contributed by atoms with Crippen molar-refractivity contribution in [1.29, 1.82) is 0 Å². The predicted molar refractivity (Wildman–Crippen MR) is 121 cm³/mol. The van der Waals surface area contributed by atoms with Gasteiger partial charge in [-0.15, -0.1) is 0 Å². The number of hydrogen-bond acceptors (Lipinski definition) is 5. The van der Waals surface area contributed by atoms with Crippen molar-refractivity contribution in [2.75, 3.05) is 16.0 Å². The molecule has 0 radical (unpaired) electrons. The molecule has 0 unspecified atom stereocenters. The Kier molecular flexibility index (Phi) is 5.63. The number of carbonyl (C=O) groups excluding carboxylic acids is 3. The van der Waals surface area contributed by atoms with E-state index in [2.05, 4.69) is 5.32 Å². The second-order valence-electron chi connectivity index (χ2n) is 7.47. The molecule has 0 aliphatic carbocycles. The molecule has 0 atom stereocenters. The number of rotatable bonds is 6. The summed E-state index contributed by atoms with van der Waals surface area (Å²) in [6.07, 6.45) is -0.229. The van der Waals surface area contributed by atoms with Gasteiger partial charge in [0.15, 0.2) is 9.84 Å². The predicted octanol–water partition coefficient (Wildman–Crippen LogP) is 3.60. The van der Waals surface area contributed by atoms with Gasteiger partial charge in [0.05, 0.1) is 27.5 Å². The molecule has 7 nitrogen and oxygen atoms in total. The van der Waals surface area contributed by atoms with Crippen LogP contribution in [0.1, 0.15) is 32.7 Å². The van der Waals surface area contributed by atoms with Gasteiger partial charge in [-0.25, -0.2) is 13.3 Å². The Morgan fingerprint density at radius 1 is 0.875 bits per heavy atom. The highest BCUT2D eigenvalue weighted by molar-refractivity contribution is 7.91. The molecule has 32 heavy (non-hydrogen) atoms. The highest BCUT2D eigenvalue weighted by atomic mass is 32.2. The van der Waals surface area contributed by atoms with E-state index in [0.29, 0.717) is 22.5 Å². The van der Waals surface area contributed by atoms with Crippen molar-refractivity contribution in [3.05, 3.63) is 89.5 Å². The van der Waals surface area contributed by atoms with E-state index in [9.17, 15) is 22.8 Å². The van der Waals surface area contributed by atoms with Crippen molar-refractivity contribution in [3.8, 4) is 0 Å². The van der Waals surface area contributed by atoms with Crippen LogP contribution in [0.25, 0.3) is 0 Å². The second-order valence-corrected chi connectivity index (χ2v) is 9.58. The molecule has 8 heteroatoms. The Morgan fingerprint density at radius 3 is 2.12 bits per heavy atom. The molecule has 0 aromatic heterocycles. The lowest BCUT2D eigenvalue weighted by Crippen LogP contribution is -2.29. The first-order chi connectivity index (χ1) is 15.3. The Labute approximate surface area is 185 Å². The van der Waals surface area contributed by atoms with Crippen LogP contribution in [-0.2, 0) is 14.6 Å². The first-order valence-electron chi connectivity index (χ1n) is 9.93. The van der Waals surface area contributed by atoms with Gasteiger partial charge >= 0.3 is 0 Å². The van der Waals surface area contributed by atoms with E-state index >= 15 is 0 Å². The van der Waals surface area contributed by atoms with E-state index in [1.165, 1.54) is 18.2 Å². The van der Waals surface area contributed by atoms with Gasteiger partial charge in [0.2, 0.25) is 5.91 Å². The maximum atomic E-state index is 12.7. The van der Waals surface area contributed by atoms with Crippen LogP contribution >= 0.6 is 0 Å². The number of nitrogens with zero attached hydrogens (tertiary/aromatic N) is 1. The minimum atomic E-state index is -3.59. The summed E-state index contributed by atoms with van der Waals surface area (Å²) in [5.41, 5.74) is 2.28. The fourth-order valence-corrected chi connectivity index (χ4v) is 4.70. The molecule has 4 rings (SSSR count). The summed E-state index contributed by atoms with van der Waals surface area (Å²) in [7, 11) is -3.59. The molecule has 3 amide bonds. The zero-order valence-corrected chi connectivity index (χ0v) is 18.1. The van der Waals surface area contributed by atoms with E-state index in [-0.39, 0.29) is 17.1 Å². The van der Waals surface area contributed by atoms with Gasteiger partial charge in [0, 0.05) is 12.1 Å². The van der Waals surface area contributed by atoms with Gasteiger partial charge in [-0.1, -0.05) is 35.9 Å². The average Bonchev–Trinajstić information content (AvgIpc) is 3.03. The maximum absolute atomic E-state index is 12.7. The number of imide groups is 1. The van der Waals surface area contributed by atoms with Crippen molar-refractivity contribution in [3.63, 3.8) is 0 Å². The van der Waals surface area contributed by atoms with Crippen LogP contribution in [0, 0.1) is 6.92 Å². The first-order valence-corrected chi connectivity index (χ1v) is 11.6. The van der Waals surface area contributed by atoms with E-state index < -0.39 is 27.6 Å². The molecule has 0 saturated heterocycles. The van der Waals surface area contributed by atoms with Gasteiger partial charge in [0.25, 0.3) is 11.8 Å². The zero-order valence-electron chi connectivity index (χ0n) is 17.2. The number of anilines is 2. The number of nitrogens with one attached hydrogen (secondary N) is 1. The molecule has 1 aliphatic rings. The Morgan fingerprint density at radius 2 is 1.50 bits per heavy atom. The van der Waals surface area contributed by atoms with Crippen LogP contribution in [0.15, 0.2) is 77.7 Å². The van der Waals surface area contributed by atoms with E-state index in [1.807, 2.05) is 6.92 Å². The third-order valence-electron chi connectivity index (χ3n) is 5.16. The van der Waals surface area contributed by atoms with Crippen LogP contribution in [-0.4, -0.2) is 31.9 Å². The van der Waals surface area contributed by atoms with Crippen molar-refractivity contribution in [2.45, 2.75) is 18.2 Å². The quantitative estimate of drug-likeness (QED) is 0.581. The second kappa shape index (κ2) is 8.39. The fraction of sp³-hybridized carbons (Fsp3) is 0.125. The summed E-state index contributed by atoms with van der Waals surface area (Å²) < 4.78 is 24.9. The minimum Gasteiger partial charge on any atom is -0.326 e. The molecule has 1 N–H and O–H groups in total. The summed E-state index contributed by atoms with van der Waals surface area (Å²) >= 11 is 0. The number of fused-ring (bicyclic) bond motifs is 1. The Hall–Kier alpha value is -3.78. The number of carbonyl (C=O) groups is 3. The molecule has 0 bridgehead atoms. The number of hydrogen-bond donors (Lipinski definition) is 1. The van der Waals surface area contributed by atoms with Gasteiger partial charge < -0.3 is 5.32 Å². The molecular weight excluding hydrogens is 428 g/mol. The lowest BCUT2D eigenvalue weighted by Gasteiger charge is -2.15. The van der Waals surface area contributed by atoms with Gasteiger partial charge in [-0.3, -0.25) is 14.4 Å². The third kappa shape index (κ3) is 4.17. The average molecular weight is 449 g/mol. The molecular formula is C24H20N2O5S. The van der Waals surface area contributed by atoms with Crippen molar-refractivity contribution in [2.24, 2.45) is 0 Å². The summed E-state index contributed by atoms with van der Waals surface area (Å²) in [6.45, 7) is 1.86. The van der Waals surface area contributed by atoms with Crippen LogP contribution in [0.3, 0.4) is 0 Å². The van der Waals surface area contributed by atoms with Gasteiger partial charge in [0.1, 0.15) is 0 Å². The fourth-order valence-electron chi connectivity index (χ4n) is 3.46. The number of benzene rings is 3. The topological polar surface area (TPSA) is 101 Å². The summed E-state index contributed by atoms with van der Waals surface area (Å²) in [4.78, 5) is 38.9. The van der Waals surface area contributed by atoms with Crippen molar-refractivity contribution < 1.29 is 22.8 Å². The zero-order chi connectivity index (χ0) is 22.9. The van der Waals surface area contributed by atoms with Crippen molar-refractivity contribution in [1.82, 2.24) is 0 Å². The monoisotopic (exact) mass is 448 g/mol.